The molecule has 0 unspecified atom stereocenters. The molecule has 2 aromatic carbocycles. The first-order valence-corrected chi connectivity index (χ1v) is 11.5. The van der Waals surface area contributed by atoms with Gasteiger partial charge in [-0.05, 0) is 31.0 Å². The van der Waals surface area contributed by atoms with E-state index in [0.717, 1.165) is 37.0 Å². The van der Waals surface area contributed by atoms with Gasteiger partial charge >= 0.3 is 5.69 Å². The zero-order chi connectivity index (χ0) is 22.0. The van der Waals surface area contributed by atoms with Crippen molar-refractivity contribution in [3.8, 4) is 0 Å². The van der Waals surface area contributed by atoms with Crippen molar-refractivity contribution in [2.24, 2.45) is 0 Å². The van der Waals surface area contributed by atoms with Crippen LogP contribution in [0, 0.1) is 10.1 Å². The fraction of sp³-hybridized carbons (Fsp3) is 0.350. The van der Waals surface area contributed by atoms with E-state index in [0.29, 0.717) is 6.54 Å². The van der Waals surface area contributed by atoms with Crippen LogP contribution in [0.3, 0.4) is 0 Å². The molecule has 1 saturated heterocycles. The van der Waals surface area contributed by atoms with Crippen molar-refractivity contribution < 1.29 is 13.3 Å². The average Bonchev–Trinajstić information content (AvgIpc) is 3.10. The lowest BCUT2D eigenvalue weighted by molar-refractivity contribution is -0.387. The highest BCUT2D eigenvalue weighted by Crippen LogP contribution is 2.25. The monoisotopic (exact) mass is 445 g/mol. The highest BCUT2D eigenvalue weighted by molar-refractivity contribution is 7.89. The Morgan fingerprint density at radius 1 is 1.10 bits per heavy atom. The van der Waals surface area contributed by atoms with Crippen LogP contribution in [0.25, 0.3) is 11.0 Å². The Labute approximate surface area is 178 Å². The van der Waals surface area contributed by atoms with Crippen molar-refractivity contribution in [1.82, 2.24) is 19.2 Å². The van der Waals surface area contributed by atoms with Gasteiger partial charge in [0.15, 0.2) is 4.90 Å². The number of aromatic amines is 1. The predicted molar refractivity (Wildman–Crippen MR) is 116 cm³/mol. The summed E-state index contributed by atoms with van der Waals surface area (Å²) in [6.07, 6.45) is 1.55. The van der Waals surface area contributed by atoms with E-state index in [1.165, 1.54) is 24.3 Å². The molecule has 1 aromatic heterocycles. The van der Waals surface area contributed by atoms with Gasteiger partial charge in [-0.2, -0.15) is 0 Å². The average molecular weight is 446 g/mol. The molecule has 11 heteroatoms. The van der Waals surface area contributed by atoms with Gasteiger partial charge in [-0.3, -0.25) is 14.7 Å². The molecule has 4 rings (SSSR count). The van der Waals surface area contributed by atoms with E-state index in [-0.39, 0.29) is 23.2 Å². The molecule has 0 spiro atoms. The lowest BCUT2D eigenvalue weighted by Crippen LogP contribution is -2.41. The normalized spacial score (nSPS) is 16.0. The molecule has 164 valence electrons. The number of aromatic nitrogens is 2. The number of nitro benzene ring substituents is 1. The van der Waals surface area contributed by atoms with Crippen LogP contribution in [-0.2, 0) is 10.0 Å². The molecule has 10 nitrogen and oxygen atoms in total. The van der Waals surface area contributed by atoms with Crippen LogP contribution < -0.4 is 10.4 Å². The van der Waals surface area contributed by atoms with Crippen LogP contribution in [0.4, 0.5) is 5.69 Å². The molecule has 1 aliphatic rings. The Kier molecular flexibility index (Phi) is 5.90. The summed E-state index contributed by atoms with van der Waals surface area (Å²) in [6.45, 7) is 2.08. The van der Waals surface area contributed by atoms with Crippen LogP contribution in [0.1, 0.15) is 18.9 Å². The van der Waals surface area contributed by atoms with E-state index in [1.54, 1.807) is 0 Å². The maximum atomic E-state index is 12.5. The Morgan fingerprint density at radius 3 is 2.52 bits per heavy atom. The first-order valence-electron chi connectivity index (χ1n) is 10.0. The fourth-order valence-electron chi connectivity index (χ4n) is 4.09. The number of hydrogen-bond acceptors (Lipinski definition) is 6. The lowest BCUT2D eigenvalue weighted by atomic mass is 10.0. The number of hydrogen-bond donors (Lipinski definition) is 2. The summed E-state index contributed by atoms with van der Waals surface area (Å²) in [4.78, 5) is 27.5. The summed E-state index contributed by atoms with van der Waals surface area (Å²) in [5.74, 6) is 0. The largest absolute Gasteiger partial charge is 0.326 e. The highest BCUT2D eigenvalue weighted by atomic mass is 32.2. The molecule has 0 amide bonds. The van der Waals surface area contributed by atoms with Crippen LogP contribution in [-0.4, -0.2) is 54.0 Å². The highest BCUT2D eigenvalue weighted by Gasteiger charge is 2.26. The van der Waals surface area contributed by atoms with E-state index in [2.05, 4.69) is 14.6 Å². The molecule has 1 fully saturated rings. The smallest absolute Gasteiger partial charge is 0.306 e. The third-order valence-electron chi connectivity index (χ3n) is 5.62. The second-order valence-electron chi connectivity index (χ2n) is 7.51. The molecule has 2 N–H and O–H groups in total. The number of piperidine rings is 1. The van der Waals surface area contributed by atoms with Gasteiger partial charge in [-0.25, -0.2) is 17.9 Å². The van der Waals surface area contributed by atoms with Crippen LogP contribution in [0.2, 0.25) is 0 Å². The van der Waals surface area contributed by atoms with E-state index in [9.17, 15) is 23.3 Å². The van der Waals surface area contributed by atoms with Crippen LogP contribution in [0.5, 0.6) is 0 Å². The third-order valence-corrected chi connectivity index (χ3v) is 7.13. The quantitative estimate of drug-likeness (QED) is 0.422. The number of H-pyrrole nitrogens is 1. The molecule has 0 aliphatic carbocycles. The number of benzene rings is 2. The minimum absolute atomic E-state index is 0.0866. The molecule has 3 aromatic rings. The topological polar surface area (TPSA) is 130 Å². The lowest BCUT2D eigenvalue weighted by Gasteiger charge is -2.32. The molecule has 1 aliphatic heterocycles. The third kappa shape index (κ3) is 4.38. The Bertz CT molecular complexity index is 1260. The Morgan fingerprint density at radius 2 is 1.77 bits per heavy atom. The summed E-state index contributed by atoms with van der Waals surface area (Å²) in [5, 5.41) is 11.1. The number of fused-ring (bicyclic) bond motifs is 1. The van der Waals surface area contributed by atoms with Crippen molar-refractivity contribution in [3.05, 3.63) is 69.1 Å². The molecular formula is C20H23N5O5S. The van der Waals surface area contributed by atoms with E-state index in [1.807, 2.05) is 28.8 Å². The SMILES string of the molecule is O=c1[nH]c2ccccc2n1C1CCN(CCNS(=O)(=O)c2ccccc2[N+](=O)[O-])CC1. The number of nitrogens with zero attached hydrogens (tertiary/aromatic N) is 3. The van der Waals surface area contributed by atoms with Crippen molar-refractivity contribution in [3.63, 3.8) is 0 Å². The standard InChI is InChI=1S/C20H23N5O5S/c26-20-22-16-5-1-2-6-17(16)24(20)15-9-12-23(13-10-15)14-11-21-31(29,30)19-8-4-3-7-18(19)25(27)28/h1-8,15,21H,9-14H2,(H,22,26). The van der Waals surface area contributed by atoms with Gasteiger partial charge in [0.2, 0.25) is 10.0 Å². The first kappa shape index (κ1) is 21.2. The molecule has 0 saturated carbocycles. The zero-order valence-corrected chi connectivity index (χ0v) is 17.5. The minimum Gasteiger partial charge on any atom is -0.306 e. The number of para-hydroxylation sites is 3. The van der Waals surface area contributed by atoms with Gasteiger partial charge in [-0.1, -0.05) is 24.3 Å². The number of rotatable bonds is 7. The second kappa shape index (κ2) is 8.61. The van der Waals surface area contributed by atoms with Crippen LogP contribution >= 0.6 is 0 Å². The van der Waals surface area contributed by atoms with Crippen molar-refractivity contribution in [1.29, 1.82) is 0 Å². The van der Waals surface area contributed by atoms with Crippen molar-refractivity contribution in [2.75, 3.05) is 26.2 Å². The number of likely N-dealkylation sites (tertiary alicyclic amines) is 1. The first-order chi connectivity index (χ1) is 14.9. The predicted octanol–water partition coefficient (Wildman–Crippen LogP) is 1.85. The Balaban J connectivity index is 1.34. The van der Waals surface area contributed by atoms with E-state index >= 15 is 0 Å². The van der Waals surface area contributed by atoms with E-state index in [4.69, 9.17) is 0 Å². The zero-order valence-electron chi connectivity index (χ0n) is 16.7. The van der Waals surface area contributed by atoms with E-state index < -0.39 is 20.6 Å². The van der Waals surface area contributed by atoms with Crippen molar-refractivity contribution >= 4 is 26.7 Å². The summed E-state index contributed by atoms with van der Waals surface area (Å²) in [5.41, 5.74) is 1.15. The number of nitrogens with one attached hydrogen (secondary N) is 2. The fourth-order valence-corrected chi connectivity index (χ4v) is 5.28. The van der Waals surface area contributed by atoms with Gasteiger partial charge in [0, 0.05) is 38.3 Å². The molecule has 0 atom stereocenters. The number of imidazole rings is 1. The molecule has 2 heterocycles. The van der Waals surface area contributed by atoms with Crippen LogP contribution in [0.15, 0.2) is 58.2 Å². The van der Waals surface area contributed by atoms with Crippen molar-refractivity contribution in [2.45, 2.75) is 23.8 Å². The van der Waals surface area contributed by atoms with Gasteiger partial charge in [0.1, 0.15) is 0 Å². The van der Waals surface area contributed by atoms with Gasteiger partial charge < -0.3 is 9.88 Å². The van der Waals surface area contributed by atoms with Gasteiger partial charge in [-0.15, -0.1) is 0 Å². The maximum Gasteiger partial charge on any atom is 0.326 e. The summed E-state index contributed by atoms with van der Waals surface area (Å²) >= 11 is 0. The molecule has 31 heavy (non-hydrogen) atoms. The maximum absolute atomic E-state index is 12.5. The number of nitro groups is 1. The summed E-state index contributed by atoms with van der Waals surface area (Å²) in [7, 11) is -3.98. The molecule has 0 bridgehead atoms. The number of sulfonamides is 1. The Hall–Kier alpha value is -3.02. The molecular weight excluding hydrogens is 422 g/mol. The van der Waals surface area contributed by atoms with Gasteiger partial charge in [0.25, 0.3) is 5.69 Å². The summed E-state index contributed by atoms with van der Waals surface area (Å²) in [6, 6.07) is 13.0. The van der Waals surface area contributed by atoms with Gasteiger partial charge in [0.05, 0.1) is 16.0 Å². The molecule has 0 radical (unpaired) electrons. The summed E-state index contributed by atoms with van der Waals surface area (Å²) < 4.78 is 29.3. The second-order valence-corrected chi connectivity index (χ2v) is 9.25. The minimum atomic E-state index is -3.98.